The van der Waals surface area contributed by atoms with Gasteiger partial charge in [-0.1, -0.05) is 55.8 Å². The summed E-state index contributed by atoms with van der Waals surface area (Å²) in [5.41, 5.74) is 3.47. The fourth-order valence-corrected chi connectivity index (χ4v) is 5.99. The SMILES string of the molecule is CN1C(=O)C(NC(=S)N2CC3CCC(C)(C)C2C3)N=C(c2ccccc2)c2cc(Cl)ccc21. The monoisotopic (exact) mass is 480 g/mol. The van der Waals surface area contributed by atoms with Crippen LogP contribution >= 0.6 is 23.8 Å². The lowest BCUT2D eigenvalue weighted by molar-refractivity contribution is -0.119. The molecule has 7 heteroatoms. The Balaban J connectivity index is 1.52. The van der Waals surface area contributed by atoms with E-state index in [0.29, 0.717) is 22.1 Å². The van der Waals surface area contributed by atoms with Crippen LogP contribution in [-0.4, -0.2) is 47.4 Å². The summed E-state index contributed by atoms with van der Waals surface area (Å²) in [7, 11) is 1.78. The van der Waals surface area contributed by atoms with Gasteiger partial charge < -0.3 is 15.1 Å². The Hall–Kier alpha value is -2.44. The minimum atomic E-state index is -0.813. The summed E-state index contributed by atoms with van der Waals surface area (Å²) in [5.74, 6) is 0.526. The number of halogens is 1. The molecule has 0 radical (unpaired) electrons. The van der Waals surface area contributed by atoms with Crippen LogP contribution in [0.15, 0.2) is 53.5 Å². The summed E-state index contributed by atoms with van der Waals surface area (Å²) in [4.78, 5) is 22.4. The number of fused-ring (bicyclic) bond motifs is 3. The predicted octanol–water partition coefficient (Wildman–Crippen LogP) is 4.86. The maximum Gasteiger partial charge on any atom is 0.272 e. The number of benzodiazepines with no additional fused rings is 1. The minimum Gasteiger partial charge on any atom is -0.345 e. The van der Waals surface area contributed by atoms with Crippen molar-refractivity contribution < 1.29 is 4.79 Å². The number of carbonyl (C=O) groups excluding carboxylic acids is 1. The Morgan fingerprint density at radius 3 is 2.73 bits per heavy atom. The maximum atomic E-state index is 13.5. The molecule has 1 aliphatic carbocycles. The molecule has 3 aliphatic rings. The second kappa shape index (κ2) is 8.41. The largest absolute Gasteiger partial charge is 0.345 e. The Morgan fingerprint density at radius 1 is 1.21 bits per heavy atom. The molecule has 3 atom stereocenters. The van der Waals surface area contributed by atoms with E-state index in [2.05, 4.69) is 24.1 Å². The van der Waals surface area contributed by atoms with Crippen LogP contribution in [0.2, 0.25) is 5.02 Å². The van der Waals surface area contributed by atoms with Crippen LogP contribution in [0.1, 0.15) is 44.2 Å². The number of likely N-dealkylation sites (N-methyl/N-ethyl adjacent to an activating group) is 1. The first-order valence-corrected chi connectivity index (χ1v) is 12.3. The molecule has 2 aliphatic heterocycles. The Morgan fingerprint density at radius 2 is 1.97 bits per heavy atom. The normalized spacial score (nSPS) is 25.9. The van der Waals surface area contributed by atoms with Gasteiger partial charge in [0, 0.05) is 35.8 Å². The van der Waals surface area contributed by atoms with E-state index in [0.717, 1.165) is 35.5 Å². The molecule has 0 spiro atoms. The van der Waals surface area contributed by atoms with Crippen LogP contribution in [0.4, 0.5) is 5.69 Å². The Bertz CT molecular complexity index is 1130. The van der Waals surface area contributed by atoms with Gasteiger partial charge in [-0.2, -0.15) is 0 Å². The van der Waals surface area contributed by atoms with Crippen LogP contribution in [0.25, 0.3) is 0 Å². The van der Waals surface area contributed by atoms with E-state index in [4.69, 9.17) is 28.8 Å². The van der Waals surface area contributed by atoms with E-state index < -0.39 is 6.17 Å². The van der Waals surface area contributed by atoms with Gasteiger partial charge in [0.05, 0.1) is 11.4 Å². The van der Waals surface area contributed by atoms with Gasteiger partial charge in [0.2, 0.25) is 6.17 Å². The second-order valence-electron chi connectivity index (χ2n) is 10.1. The number of likely N-dealkylation sites (tertiary alicyclic amines) is 1. The highest BCUT2D eigenvalue weighted by Gasteiger charge is 2.47. The molecule has 1 amide bonds. The van der Waals surface area contributed by atoms with Gasteiger partial charge in [0.15, 0.2) is 5.11 Å². The average molecular weight is 481 g/mol. The van der Waals surface area contributed by atoms with Crippen molar-refractivity contribution in [1.82, 2.24) is 10.2 Å². The first-order valence-electron chi connectivity index (χ1n) is 11.5. The summed E-state index contributed by atoms with van der Waals surface area (Å²) < 4.78 is 0. The predicted molar refractivity (Wildman–Crippen MR) is 138 cm³/mol. The van der Waals surface area contributed by atoms with E-state index in [1.54, 1.807) is 18.0 Å². The molecule has 2 aromatic rings. The number of anilines is 1. The minimum absolute atomic E-state index is 0.145. The molecule has 5 nitrogen and oxygen atoms in total. The highest BCUT2D eigenvalue weighted by molar-refractivity contribution is 7.80. The lowest BCUT2D eigenvalue weighted by Gasteiger charge is -2.40. The van der Waals surface area contributed by atoms with Gasteiger partial charge in [-0.15, -0.1) is 0 Å². The first-order chi connectivity index (χ1) is 15.7. The number of thiocarbonyl (C=S) groups is 1. The van der Waals surface area contributed by atoms with Crippen molar-refractivity contribution in [1.29, 1.82) is 0 Å². The molecule has 172 valence electrons. The number of carbonyl (C=O) groups is 1. The number of hydrogen-bond donors (Lipinski definition) is 1. The standard InChI is InChI=1S/C26H29ClN4OS/c1-26(2)12-11-16-13-21(26)31(15-16)25(33)29-23-24(32)30(3)20-10-9-18(27)14-19(20)22(28-23)17-7-5-4-6-8-17/h4-10,14,16,21,23H,11-13,15H2,1-3H3,(H,29,33). The molecule has 0 aromatic heterocycles. The van der Waals surface area contributed by atoms with Crippen molar-refractivity contribution in [2.24, 2.45) is 16.3 Å². The smallest absolute Gasteiger partial charge is 0.272 e. The summed E-state index contributed by atoms with van der Waals surface area (Å²) >= 11 is 12.2. The molecule has 2 aromatic carbocycles. The number of nitrogens with one attached hydrogen (secondary N) is 1. The Labute approximate surface area is 205 Å². The zero-order chi connectivity index (χ0) is 23.3. The topological polar surface area (TPSA) is 47.9 Å². The zero-order valence-electron chi connectivity index (χ0n) is 19.2. The van der Waals surface area contributed by atoms with Gasteiger partial charge in [0.1, 0.15) is 0 Å². The van der Waals surface area contributed by atoms with Crippen LogP contribution in [0.3, 0.4) is 0 Å². The third-order valence-electron chi connectivity index (χ3n) is 7.45. The number of aliphatic imine (C=N–C) groups is 1. The molecule has 2 bridgehead atoms. The molecule has 5 rings (SSSR count). The lowest BCUT2D eigenvalue weighted by Crippen LogP contribution is -2.53. The number of amides is 1. The molecule has 1 saturated carbocycles. The molecule has 1 saturated heterocycles. The third-order valence-corrected chi connectivity index (χ3v) is 8.04. The number of nitrogens with zero attached hydrogens (tertiary/aromatic N) is 3. The summed E-state index contributed by atoms with van der Waals surface area (Å²) in [5, 5.41) is 4.54. The second-order valence-corrected chi connectivity index (χ2v) is 10.9. The fraction of sp³-hybridized carbons (Fsp3) is 0.423. The van der Waals surface area contributed by atoms with Crippen molar-refractivity contribution >= 4 is 46.2 Å². The van der Waals surface area contributed by atoms with Gasteiger partial charge in [-0.05, 0) is 61.0 Å². The van der Waals surface area contributed by atoms with Crippen molar-refractivity contribution in [2.75, 3.05) is 18.5 Å². The highest BCUT2D eigenvalue weighted by atomic mass is 35.5. The fourth-order valence-electron chi connectivity index (χ4n) is 5.51. The van der Waals surface area contributed by atoms with E-state index in [-0.39, 0.29) is 11.3 Å². The quantitative estimate of drug-likeness (QED) is 0.623. The highest BCUT2D eigenvalue weighted by Crippen LogP contribution is 2.46. The molecular weight excluding hydrogens is 452 g/mol. The maximum absolute atomic E-state index is 13.5. The van der Waals surface area contributed by atoms with Gasteiger partial charge in [0.25, 0.3) is 5.91 Å². The van der Waals surface area contributed by atoms with E-state index in [1.807, 2.05) is 42.5 Å². The van der Waals surface area contributed by atoms with E-state index in [1.165, 1.54) is 12.8 Å². The molecule has 2 fully saturated rings. The van der Waals surface area contributed by atoms with Crippen molar-refractivity contribution in [2.45, 2.75) is 45.3 Å². The lowest BCUT2D eigenvalue weighted by atomic mass is 9.72. The van der Waals surface area contributed by atoms with Crippen LogP contribution in [-0.2, 0) is 4.79 Å². The van der Waals surface area contributed by atoms with Gasteiger partial charge in [-0.3, -0.25) is 4.79 Å². The summed E-state index contributed by atoms with van der Waals surface area (Å²) in [6.45, 7) is 5.60. The van der Waals surface area contributed by atoms with E-state index in [9.17, 15) is 4.79 Å². The summed E-state index contributed by atoms with van der Waals surface area (Å²) in [6.07, 6.45) is 2.79. The first kappa shape index (κ1) is 22.4. The Kier molecular flexibility index (Phi) is 5.69. The van der Waals surface area contributed by atoms with Crippen LogP contribution in [0.5, 0.6) is 0 Å². The molecule has 3 unspecified atom stereocenters. The third kappa shape index (κ3) is 4.04. The van der Waals surface area contributed by atoms with Crippen LogP contribution < -0.4 is 10.2 Å². The van der Waals surface area contributed by atoms with Crippen molar-refractivity contribution in [3.05, 3.63) is 64.7 Å². The summed E-state index contributed by atoms with van der Waals surface area (Å²) in [6, 6.07) is 15.9. The molecule has 33 heavy (non-hydrogen) atoms. The van der Waals surface area contributed by atoms with Crippen molar-refractivity contribution in [3.8, 4) is 0 Å². The van der Waals surface area contributed by atoms with Crippen LogP contribution in [0, 0.1) is 11.3 Å². The zero-order valence-corrected chi connectivity index (χ0v) is 20.8. The number of rotatable bonds is 2. The molecule has 1 N–H and O–H groups in total. The number of hydrogen-bond acceptors (Lipinski definition) is 3. The van der Waals surface area contributed by atoms with Gasteiger partial charge >= 0.3 is 0 Å². The van der Waals surface area contributed by atoms with Crippen molar-refractivity contribution in [3.63, 3.8) is 0 Å². The molecular formula is C26H29ClN4OS. The number of benzene rings is 2. The average Bonchev–Trinajstić information content (AvgIpc) is 3.16. The molecule has 2 heterocycles. The van der Waals surface area contributed by atoms with Gasteiger partial charge in [-0.25, -0.2) is 4.99 Å². The van der Waals surface area contributed by atoms with E-state index >= 15 is 0 Å².